The first-order valence-electron chi connectivity index (χ1n) is 14.2. The van der Waals surface area contributed by atoms with Crippen molar-refractivity contribution in [2.24, 2.45) is 5.92 Å². The van der Waals surface area contributed by atoms with E-state index >= 15 is 0 Å². The monoisotopic (exact) mass is 713 g/mol. The summed E-state index contributed by atoms with van der Waals surface area (Å²) in [7, 11) is 1.44. The molecule has 3 aromatic carbocycles. The summed E-state index contributed by atoms with van der Waals surface area (Å²) >= 11 is 14.1. The van der Waals surface area contributed by atoms with Crippen LogP contribution in [0.25, 0.3) is 0 Å². The van der Waals surface area contributed by atoms with E-state index in [2.05, 4.69) is 10.3 Å². The molecule has 47 heavy (non-hydrogen) atoms. The molecule has 0 aliphatic carbocycles. The van der Waals surface area contributed by atoms with Crippen molar-refractivity contribution in [3.63, 3.8) is 0 Å². The van der Waals surface area contributed by atoms with Gasteiger partial charge in [-0.2, -0.15) is 0 Å². The van der Waals surface area contributed by atoms with Crippen LogP contribution >= 0.6 is 46.3 Å². The zero-order valence-corrected chi connectivity index (χ0v) is 27.9. The van der Waals surface area contributed by atoms with Gasteiger partial charge in [0.25, 0.3) is 5.91 Å². The Morgan fingerprint density at radius 1 is 0.957 bits per heavy atom. The number of hydrogen-bond acceptors (Lipinski definition) is 10. The Kier molecular flexibility index (Phi) is 9.33. The number of thioether (sulfide) groups is 1. The van der Waals surface area contributed by atoms with E-state index in [1.54, 1.807) is 37.3 Å². The van der Waals surface area contributed by atoms with Crippen LogP contribution in [0.3, 0.4) is 0 Å². The molecular formula is C32H25Cl2N3O8S2. The third-order valence-electron chi connectivity index (χ3n) is 7.57. The molecule has 2 unspecified atom stereocenters. The number of methoxy groups -OCH3 is 1. The number of hydrogen-bond donors (Lipinski definition) is 2. The highest BCUT2D eigenvalue weighted by Gasteiger charge is 2.56. The lowest BCUT2D eigenvalue weighted by Crippen LogP contribution is -2.32. The van der Waals surface area contributed by atoms with Crippen molar-refractivity contribution >= 4 is 81.4 Å². The van der Waals surface area contributed by atoms with Crippen LogP contribution < -0.4 is 24.6 Å². The standard InChI is InChI=1S/C32H25Cl2N3O8S2/c1-3-44-31(41)15-4-8-18(9-5-15)37-29(39)25-24(26-28(36-32(42)47-26)46-27(25)30(37)40)16-6-11-21(22(12-16)43-2)45-14-23(38)35-17-7-10-19(33)20(34)13-17/h4-13,24-25,27H,3,14H2,1-2H3,(H,35,38)(H,36,42)/t24-,25?,27?/m1/s1. The van der Waals surface area contributed by atoms with Crippen LogP contribution in [0.1, 0.15) is 33.6 Å². The number of H-pyrrole nitrogens is 1. The van der Waals surface area contributed by atoms with Crippen molar-refractivity contribution in [1.29, 1.82) is 0 Å². The normalized spacial score (nSPS) is 18.4. The summed E-state index contributed by atoms with van der Waals surface area (Å²) in [6.45, 7) is 1.57. The molecule has 3 atom stereocenters. The first-order valence-corrected chi connectivity index (χ1v) is 16.6. The fraction of sp³-hybridized carbons (Fsp3) is 0.219. The van der Waals surface area contributed by atoms with Gasteiger partial charge in [-0.15, -0.1) is 0 Å². The first-order chi connectivity index (χ1) is 22.6. The number of imide groups is 1. The van der Waals surface area contributed by atoms with Crippen LogP contribution in [-0.2, 0) is 19.1 Å². The molecular weight excluding hydrogens is 689 g/mol. The number of esters is 1. The van der Waals surface area contributed by atoms with Gasteiger partial charge in [-0.05, 0) is 67.1 Å². The Morgan fingerprint density at radius 3 is 2.43 bits per heavy atom. The fourth-order valence-corrected chi connectivity index (χ4v) is 8.32. The van der Waals surface area contributed by atoms with Crippen LogP contribution in [-0.4, -0.2) is 54.2 Å². The van der Waals surface area contributed by atoms with Crippen molar-refractivity contribution in [2.45, 2.75) is 23.1 Å². The average Bonchev–Trinajstić information content (AvgIpc) is 3.55. The van der Waals surface area contributed by atoms with Crippen molar-refractivity contribution < 1.29 is 33.4 Å². The number of benzene rings is 3. The van der Waals surface area contributed by atoms with Crippen molar-refractivity contribution in [3.05, 3.63) is 96.4 Å². The molecule has 0 radical (unpaired) electrons. The third kappa shape index (κ3) is 6.35. The number of fused-ring (bicyclic) bond motifs is 2. The quantitative estimate of drug-likeness (QED) is 0.164. The van der Waals surface area contributed by atoms with Crippen LogP contribution in [0.15, 0.2) is 70.5 Å². The number of halogens is 2. The third-order valence-corrected chi connectivity index (χ3v) is 10.7. The minimum atomic E-state index is -0.843. The van der Waals surface area contributed by atoms with Crippen LogP contribution in [0.2, 0.25) is 10.0 Å². The molecule has 1 aromatic heterocycles. The average molecular weight is 715 g/mol. The topological polar surface area (TPSA) is 144 Å². The zero-order valence-electron chi connectivity index (χ0n) is 24.7. The smallest absolute Gasteiger partial charge is 0.338 e. The maximum Gasteiger partial charge on any atom is 0.338 e. The highest BCUT2D eigenvalue weighted by atomic mass is 35.5. The summed E-state index contributed by atoms with van der Waals surface area (Å²) in [6, 6.07) is 15.8. The van der Waals surface area contributed by atoms with Crippen LogP contribution in [0.4, 0.5) is 11.4 Å². The summed E-state index contributed by atoms with van der Waals surface area (Å²) in [4.78, 5) is 69.2. The maximum absolute atomic E-state index is 14.1. The van der Waals surface area contributed by atoms with Crippen molar-refractivity contribution in [2.75, 3.05) is 30.5 Å². The molecule has 242 valence electrons. The number of carbonyl (C=O) groups is 4. The van der Waals surface area contributed by atoms with Crippen LogP contribution in [0.5, 0.6) is 11.5 Å². The zero-order chi connectivity index (χ0) is 33.4. The van der Waals surface area contributed by atoms with E-state index in [0.29, 0.717) is 42.5 Å². The second-order valence-corrected chi connectivity index (χ2v) is 13.4. The van der Waals surface area contributed by atoms with Crippen molar-refractivity contribution in [1.82, 2.24) is 4.98 Å². The lowest BCUT2D eigenvalue weighted by molar-refractivity contribution is -0.122. The molecule has 15 heteroatoms. The van der Waals surface area contributed by atoms with Gasteiger partial charge in [0.2, 0.25) is 11.8 Å². The minimum absolute atomic E-state index is 0.213. The number of nitrogens with one attached hydrogen (secondary N) is 2. The summed E-state index contributed by atoms with van der Waals surface area (Å²) in [5, 5.41) is 3.03. The molecule has 1 fully saturated rings. The largest absolute Gasteiger partial charge is 0.493 e. The van der Waals surface area contributed by atoms with Gasteiger partial charge in [0.05, 0.1) is 46.0 Å². The Morgan fingerprint density at radius 2 is 1.72 bits per heavy atom. The predicted octanol–water partition coefficient (Wildman–Crippen LogP) is 5.74. The molecule has 2 aliphatic rings. The highest BCUT2D eigenvalue weighted by molar-refractivity contribution is 8.00. The van der Waals surface area contributed by atoms with E-state index in [1.165, 1.54) is 37.4 Å². The molecule has 2 N–H and O–H groups in total. The maximum atomic E-state index is 14.1. The number of rotatable bonds is 9. The SMILES string of the molecule is CCOC(=O)c1ccc(N2C(=O)C3Sc4[nH]c(=O)sc4[C@H](c4ccc(OCC(=O)Nc5ccc(Cl)c(Cl)c5)c(OC)c4)C3C2=O)cc1. The summed E-state index contributed by atoms with van der Waals surface area (Å²) in [6.07, 6.45) is 0. The van der Waals surface area contributed by atoms with Gasteiger partial charge in [-0.1, -0.05) is 52.4 Å². The van der Waals surface area contributed by atoms with E-state index in [9.17, 15) is 24.0 Å². The molecule has 0 spiro atoms. The van der Waals surface area contributed by atoms with E-state index in [0.717, 1.165) is 28.0 Å². The molecule has 0 bridgehead atoms. The fourth-order valence-electron chi connectivity index (χ4n) is 5.50. The Labute approximate surface area is 286 Å². The molecule has 2 aliphatic heterocycles. The summed E-state index contributed by atoms with van der Waals surface area (Å²) < 4.78 is 16.4. The second kappa shape index (κ2) is 13.4. The van der Waals surface area contributed by atoms with Crippen LogP contribution in [0, 0.1) is 5.92 Å². The number of carbonyl (C=O) groups excluding carboxylic acids is 4. The number of anilines is 2. The van der Waals surface area contributed by atoms with E-state index in [4.69, 9.17) is 37.4 Å². The number of ether oxygens (including phenoxy) is 3. The lowest BCUT2D eigenvalue weighted by Gasteiger charge is -2.30. The van der Waals surface area contributed by atoms with E-state index in [-0.39, 0.29) is 29.6 Å². The van der Waals surface area contributed by atoms with Gasteiger partial charge in [-0.3, -0.25) is 19.2 Å². The molecule has 11 nitrogen and oxygen atoms in total. The number of amides is 3. The van der Waals surface area contributed by atoms with Gasteiger partial charge in [0.1, 0.15) is 5.25 Å². The minimum Gasteiger partial charge on any atom is -0.493 e. The lowest BCUT2D eigenvalue weighted by atomic mass is 9.83. The molecule has 3 heterocycles. The first kappa shape index (κ1) is 32.6. The summed E-state index contributed by atoms with van der Waals surface area (Å²) in [5.41, 5.74) is 1.67. The Balaban J connectivity index is 1.27. The molecule has 6 rings (SSSR count). The second-order valence-electron chi connectivity index (χ2n) is 10.4. The van der Waals surface area contributed by atoms with E-state index in [1.807, 2.05) is 0 Å². The Hall–Kier alpha value is -4.30. The number of thiazole rings is 1. The van der Waals surface area contributed by atoms with Gasteiger partial charge in [-0.25, -0.2) is 9.69 Å². The predicted molar refractivity (Wildman–Crippen MR) is 178 cm³/mol. The molecule has 3 amide bonds. The molecule has 1 saturated heterocycles. The highest BCUT2D eigenvalue weighted by Crippen LogP contribution is 2.53. The van der Waals surface area contributed by atoms with Gasteiger partial charge < -0.3 is 24.5 Å². The molecule has 4 aromatic rings. The summed E-state index contributed by atoms with van der Waals surface area (Å²) in [5.74, 6) is -2.79. The van der Waals surface area contributed by atoms with Gasteiger partial charge in [0.15, 0.2) is 18.1 Å². The number of aromatic nitrogens is 1. The molecule has 0 saturated carbocycles. The number of aromatic amines is 1. The number of nitrogens with zero attached hydrogens (tertiary/aromatic N) is 1. The van der Waals surface area contributed by atoms with E-state index < -0.39 is 40.8 Å². The van der Waals surface area contributed by atoms with Gasteiger partial charge in [0, 0.05) is 16.5 Å². The van der Waals surface area contributed by atoms with Gasteiger partial charge >= 0.3 is 10.8 Å². The Bertz CT molecular complexity index is 1960. The van der Waals surface area contributed by atoms with Crippen molar-refractivity contribution in [3.8, 4) is 11.5 Å².